The van der Waals surface area contributed by atoms with E-state index in [0.717, 1.165) is 41.2 Å². The number of benzene rings is 1. The predicted molar refractivity (Wildman–Crippen MR) is 96.3 cm³/mol. The van der Waals surface area contributed by atoms with Crippen LogP contribution in [0.15, 0.2) is 30.3 Å². The number of imidazole rings is 1. The van der Waals surface area contributed by atoms with Gasteiger partial charge in [0.05, 0.1) is 0 Å². The molecule has 1 aromatic carbocycles. The van der Waals surface area contributed by atoms with Crippen LogP contribution < -0.4 is 0 Å². The van der Waals surface area contributed by atoms with E-state index in [2.05, 4.69) is 62.6 Å². The molecule has 0 bridgehead atoms. The summed E-state index contributed by atoms with van der Waals surface area (Å²) in [5.74, 6) is 1.74. The van der Waals surface area contributed by atoms with E-state index in [4.69, 9.17) is 9.97 Å². The number of rotatable bonds is 4. The quantitative estimate of drug-likeness (QED) is 0.693. The number of aromatic nitrogens is 3. The Morgan fingerprint density at radius 1 is 1.04 bits per heavy atom. The summed E-state index contributed by atoms with van der Waals surface area (Å²) in [7, 11) is 0. The van der Waals surface area contributed by atoms with E-state index in [9.17, 15) is 0 Å². The molecule has 0 unspecified atom stereocenters. The van der Waals surface area contributed by atoms with Gasteiger partial charge in [-0.05, 0) is 55.5 Å². The van der Waals surface area contributed by atoms with Crippen molar-refractivity contribution in [3.8, 4) is 5.69 Å². The van der Waals surface area contributed by atoms with Crippen molar-refractivity contribution < 1.29 is 0 Å². The fourth-order valence-corrected chi connectivity index (χ4v) is 3.17. The fourth-order valence-electron chi connectivity index (χ4n) is 3.17. The summed E-state index contributed by atoms with van der Waals surface area (Å²) < 4.78 is 2.20. The van der Waals surface area contributed by atoms with Gasteiger partial charge in [0.1, 0.15) is 11.3 Å². The molecule has 0 amide bonds. The van der Waals surface area contributed by atoms with Gasteiger partial charge in [-0.15, -0.1) is 0 Å². The minimum atomic E-state index is 0.674. The average molecular weight is 307 g/mol. The molecule has 2 heterocycles. The van der Waals surface area contributed by atoms with Gasteiger partial charge in [-0.1, -0.05) is 32.9 Å². The van der Waals surface area contributed by atoms with Crippen molar-refractivity contribution in [1.82, 2.24) is 14.5 Å². The molecule has 0 aliphatic carbocycles. The van der Waals surface area contributed by atoms with Gasteiger partial charge < -0.3 is 0 Å². The van der Waals surface area contributed by atoms with Crippen LogP contribution in [0.5, 0.6) is 0 Å². The van der Waals surface area contributed by atoms with Crippen LogP contribution in [0, 0.1) is 19.8 Å². The molecule has 3 nitrogen and oxygen atoms in total. The molecule has 0 saturated heterocycles. The van der Waals surface area contributed by atoms with E-state index in [1.54, 1.807) is 0 Å². The highest BCUT2D eigenvalue weighted by Crippen LogP contribution is 2.24. The summed E-state index contributed by atoms with van der Waals surface area (Å²) in [6, 6.07) is 10.9. The van der Waals surface area contributed by atoms with E-state index >= 15 is 0 Å². The van der Waals surface area contributed by atoms with Crippen molar-refractivity contribution >= 4 is 11.2 Å². The smallest absolute Gasteiger partial charge is 0.165 e. The van der Waals surface area contributed by atoms with E-state index in [0.29, 0.717) is 5.92 Å². The predicted octanol–water partition coefficient (Wildman–Crippen LogP) is 4.80. The number of hydrogen-bond donors (Lipinski definition) is 0. The zero-order chi connectivity index (χ0) is 16.6. The van der Waals surface area contributed by atoms with Crippen molar-refractivity contribution in [3.05, 3.63) is 53.0 Å². The zero-order valence-electron chi connectivity index (χ0n) is 14.7. The topological polar surface area (TPSA) is 30.7 Å². The minimum Gasteiger partial charge on any atom is -0.281 e. The average Bonchev–Trinajstić information content (AvgIpc) is 2.86. The van der Waals surface area contributed by atoms with Crippen LogP contribution in [0.4, 0.5) is 0 Å². The van der Waals surface area contributed by atoms with Gasteiger partial charge in [0.25, 0.3) is 0 Å². The maximum absolute atomic E-state index is 4.82. The lowest BCUT2D eigenvalue weighted by Crippen LogP contribution is -2.02. The van der Waals surface area contributed by atoms with E-state index in [-0.39, 0.29) is 0 Å². The van der Waals surface area contributed by atoms with Gasteiger partial charge in [-0.25, -0.2) is 9.97 Å². The lowest BCUT2D eigenvalue weighted by molar-refractivity contribution is 0.647. The maximum Gasteiger partial charge on any atom is 0.165 e. The Labute approximate surface area is 138 Å². The third-order valence-corrected chi connectivity index (χ3v) is 4.16. The van der Waals surface area contributed by atoms with Crippen LogP contribution in [0.3, 0.4) is 0 Å². The number of hydrogen-bond acceptors (Lipinski definition) is 2. The minimum absolute atomic E-state index is 0.674. The highest BCUT2D eigenvalue weighted by atomic mass is 15.1. The molecule has 3 rings (SSSR count). The van der Waals surface area contributed by atoms with Crippen molar-refractivity contribution in [2.45, 2.75) is 47.5 Å². The second-order valence-corrected chi connectivity index (χ2v) is 6.73. The van der Waals surface area contributed by atoms with Crippen molar-refractivity contribution in [1.29, 1.82) is 0 Å². The first-order chi connectivity index (χ1) is 11.0. The van der Waals surface area contributed by atoms with Crippen LogP contribution in [0.2, 0.25) is 0 Å². The van der Waals surface area contributed by atoms with Gasteiger partial charge in [0.15, 0.2) is 5.65 Å². The second-order valence-electron chi connectivity index (χ2n) is 6.73. The molecule has 0 saturated carbocycles. The molecule has 0 aliphatic heterocycles. The van der Waals surface area contributed by atoms with Gasteiger partial charge >= 0.3 is 0 Å². The Kier molecular flexibility index (Phi) is 4.20. The van der Waals surface area contributed by atoms with Gasteiger partial charge in [-0.3, -0.25) is 4.57 Å². The molecule has 0 aliphatic rings. The molecular weight excluding hydrogens is 282 g/mol. The first-order valence-corrected chi connectivity index (χ1v) is 8.44. The third kappa shape index (κ3) is 3.00. The van der Waals surface area contributed by atoms with Crippen LogP contribution in [0.25, 0.3) is 16.9 Å². The maximum atomic E-state index is 4.82. The van der Waals surface area contributed by atoms with Gasteiger partial charge in [-0.2, -0.15) is 0 Å². The van der Waals surface area contributed by atoms with E-state index < -0.39 is 0 Å². The largest absolute Gasteiger partial charge is 0.281 e. The van der Waals surface area contributed by atoms with Crippen molar-refractivity contribution in [2.24, 2.45) is 5.92 Å². The summed E-state index contributed by atoms with van der Waals surface area (Å²) in [5.41, 5.74) is 6.74. The third-order valence-electron chi connectivity index (χ3n) is 4.16. The fraction of sp³-hybridized carbons (Fsp3) is 0.400. The van der Waals surface area contributed by atoms with Crippen LogP contribution >= 0.6 is 0 Å². The first-order valence-electron chi connectivity index (χ1n) is 8.44. The highest BCUT2D eigenvalue weighted by Gasteiger charge is 2.14. The Bertz CT molecular complexity index is 826. The van der Waals surface area contributed by atoms with Crippen LogP contribution in [-0.4, -0.2) is 14.5 Å². The Morgan fingerprint density at radius 2 is 1.74 bits per heavy atom. The van der Waals surface area contributed by atoms with Gasteiger partial charge in [0.2, 0.25) is 0 Å². The lowest BCUT2D eigenvalue weighted by Gasteiger charge is -2.10. The number of aryl methyl sites for hydroxylation is 3. The van der Waals surface area contributed by atoms with Crippen molar-refractivity contribution in [3.63, 3.8) is 0 Å². The highest BCUT2D eigenvalue weighted by molar-refractivity contribution is 5.78. The molecule has 120 valence electrons. The summed E-state index contributed by atoms with van der Waals surface area (Å²) >= 11 is 0. The Morgan fingerprint density at radius 3 is 2.35 bits per heavy atom. The summed E-state index contributed by atoms with van der Waals surface area (Å²) in [5, 5.41) is 0. The van der Waals surface area contributed by atoms with E-state index in [1.807, 2.05) is 6.92 Å². The number of nitrogens with zero attached hydrogens (tertiary/aromatic N) is 3. The Hall–Kier alpha value is -2.16. The molecule has 23 heavy (non-hydrogen) atoms. The summed E-state index contributed by atoms with van der Waals surface area (Å²) in [6.07, 6.45) is 2.00. The van der Waals surface area contributed by atoms with Crippen LogP contribution in [0.1, 0.15) is 43.4 Å². The summed E-state index contributed by atoms with van der Waals surface area (Å²) in [6.45, 7) is 10.8. The van der Waals surface area contributed by atoms with E-state index in [1.165, 1.54) is 11.1 Å². The molecule has 0 spiro atoms. The van der Waals surface area contributed by atoms with Crippen LogP contribution in [-0.2, 0) is 12.8 Å². The standard InChI is InChI=1S/C20H25N3/c1-6-18-22-19-14(4)12-15(5)21-20(19)23(18)17-9-7-16(8-10-17)11-13(2)3/h7-10,12-13H,6,11H2,1-5H3. The Balaban J connectivity index is 2.14. The number of pyridine rings is 1. The molecule has 0 atom stereocenters. The molecule has 3 heteroatoms. The molecule has 0 N–H and O–H groups in total. The van der Waals surface area contributed by atoms with Crippen molar-refractivity contribution in [2.75, 3.05) is 0 Å². The SMILES string of the molecule is CCc1nc2c(C)cc(C)nc2n1-c1ccc(CC(C)C)cc1. The molecule has 0 radical (unpaired) electrons. The molecule has 2 aromatic heterocycles. The molecule has 3 aromatic rings. The normalized spacial score (nSPS) is 11.6. The molecular formula is C20H25N3. The molecule has 0 fully saturated rings. The number of fused-ring (bicyclic) bond motifs is 1. The monoisotopic (exact) mass is 307 g/mol. The second kappa shape index (κ2) is 6.15. The summed E-state index contributed by atoms with van der Waals surface area (Å²) in [4.78, 5) is 9.57. The first kappa shape index (κ1) is 15.7. The van der Waals surface area contributed by atoms with Gasteiger partial charge in [0, 0.05) is 17.8 Å². The lowest BCUT2D eigenvalue weighted by atomic mass is 10.0. The zero-order valence-corrected chi connectivity index (χ0v) is 14.7.